The number of carbonyl (C=O) groups excluding carboxylic acids is 1. The lowest BCUT2D eigenvalue weighted by molar-refractivity contribution is 0.102. The van der Waals surface area contributed by atoms with Crippen LogP contribution in [0.2, 0.25) is 10.0 Å². The van der Waals surface area contributed by atoms with Crippen molar-refractivity contribution < 1.29 is 17.9 Å². The van der Waals surface area contributed by atoms with Gasteiger partial charge in [0.25, 0.3) is 15.9 Å². The number of benzene rings is 3. The Bertz CT molecular complexity index is 1210. The third kappa shape index (κ3) is 4.87. The molecule has 0 radical (unpaired) electrons. The first-order valence-corrected chi connectivity index (χ1v) is 11.0. The maximum Gasteiger partial charge on any atom is 0.261 e. The number of hydrogen-bond donors (Lipinski definition) is 2. The van der Waals surface area contributed by atoms with Gasteiger partial charge in [-0.15, -0.1) is 0 Å². The molecule has 0 heterocycles. The summed E-state index contributed by atoms with van der Waals surface area (Å²) in [6.07, 6.45) is 0. The Morgan fingerprint density at radius 1 is 0.967 bits per heavy atom. The molecule has 0 aliphatic rings. The van der Waals surface area contributed by atoms with E-state index >= 15 is 0 Å². The fourth-order valence-electron chi connectivity index (χ4n) is 2.70. The molecule has 0 atom stereocenters. The third-order valence-corrected chi connectivity index (χ3v) is 6.34. The number of anilines is 2. The molecule has 0 unspecified atom stereocenters. The SMILES string of the molecule is COc1ccc(S(=O)(=O)Nc2cccc(Cl)c2C)cc1NC(=O)c1cccc(Cl)c1. The van der Waals surface area contributed by atoms with E-state index in [0.29, 0.717) is 32.6 Å². The number of carbonyl (C=O) groups is 1. The van der Waals surface area contributed by atoms with E-state index in [4.69, 9.17) is 27.9 Å². The molecule has 0 aromatic heterocycles. The van der Waals surface area contributed by atoms with E-state index in [1.807, 2.05) is 0 Å². The Labute approximate surface area is 184 Å². The second kappa shape index (κ2) is 8.95. The molecule has 1 amide bonds. The highest BCUT2D eigenvalue weighted by molar-refractivity contribution is 7.92. The molecule has 0 bridgehead atoms. The minimum atomic E-state index is -3.94. The van der Waals surface area contributed by atoms with Crippen LogP contribution in [0.5, 0.6) is 5.75 Å². The van der Waals surface area contributed by atoms with Crippen molar-refractivity contribution >= 4 is 50.5 Å². The van der Waals surface area contributed by atoms with Crippen LogP contribution in [0.4, 0.5) is 11.4 Å². The summed E-state index contributed by atoms with van der Waals surface area (Å²) in [5.74, 6) is -0.146. The average Bonchev–Trinajstić information content (AvgIpc) is 2.71. The molecule has 9 heteroatoms. The predicted octanol–water partition coefficient (Wildman–Crippen LogP) is 5.36. The third-order valence-electron chi connectivity index (χ3n) is 4.33. The number of halogens is 2. The van der Waals surface area contributed by atoms with Crippen LogP contribution in [0.3, 0.4) is 0 Å². The van der Waals surface area contributed by atoms with E-state index in [-0.39, 0.29) is 10.6 Å². The van der Waals surface area contributed by atoms with Crippen molar-refractivity contribution in [2.75, 3.05) is 17.1 Å². The van der Waals surface area contributed by atoms with E-state index in [2.05, 4.69) is 10.0 Å². The highest BCUT2D eigenvalue weighted by atomic mass is 35.5. The van der Waals surface area contributed by atoms with Gasteiger partial charge in [0.15, 0.2) is 0 Å². The van der Waals surface area contributed by atoms with Gasteiger partial charge in [-0.2, -0.15) is 0 Å². The normalized spacial score (nSPS) is 11.1. The Balaban J connectivity index is 1.93. The van der Waals surface area contributed by atoms with E-state index in [0.717, 1.165) is 0 Å². The van der Waals surface area contributed by atoms with Gasteiger partial charge in [0, 0.05) is 15.6 Å². The fraction of sp³-hybridized carbons (Fsp3) is 0.0952. The van der Waals surface area contributed by atoms with Crippen LogP contribution in [0.15, 0.2) is 65.6 Å². The number of amides is 1. The summed E-state index contributed by atoms with van der Waals surface area (Å²) in [4.78, 5) is 12.5. The van der Waals surface area contributed by atoms with Crippen molar-refractivity contribution in [2.24, 2.45) is 0 Å². The lowest BCUT2D eigenvalue weighted by atomic mass is 10.2. The van der Waals surface area contributed by atoms with Gasteiger partial charge in [0.05, 0.1) is 23.4 Å². The molecule has 0 spiro atoms. The summed E-state index contributed by atoms with van der Waals surface area (Å²) >= 11 is 12.0. The highest BCUT2D eigenvalue weighted by Crippen LogP contribution is 2.30. The molecule has 3 rings (SSSR count). The zero-order valence-electron chi connectivity index (χ0n) is 16.1. The number of methoxy groups -OCH3 is 1. The zero-order valence-corrected chi connectivity index (χ0v) is 18.4. The standard InChI is InChI=1S/C21H18Cl2N2O4S/c1-13-17(23)7-4-8-18(13)25-30(27,28)16-9-10-20(29-2)19(12-16)24-21(26)14-5-3-6-15(22)11-14/h3-12,25H,1-2H3,(H,24,26). The lowest BCUT2D eigenvalue weighted by Crippen LogP contribution is -2.16. The molecule has 0 aliphatic heterocycles. The first kappa shape index (κ1) is 22.0. The molecule has 156 valence electrons. The number of nitrogens with one attached hydrogen (secondary N) is 2. The molecular weight excluding hydrogens is 447 g/mol. The average molecular weight is 465 g/mol. The van der Waals surface area contributed by atoms with Gasteiger partial charge in [-0.3, -0.25) is 9.52 Å². The van der Waals surface area contributed by atoms with Crippen LogP contribution < -0.4 is 14.8 Å². The van der Waals surface area contributed by atoms with Crippen molar-refractivity contribution in [3.8, 4) is 5.75 Å². The van der Waals surface area contributed by atoms with Crippen molar-refractivity contribution in [3.05, 3.63) is 81.8 Å². The second-order valence-electron chi connectivity index (χ2n) is 6.34. The summed E-state index contributed by atoms with van der Waals surface area (Å²) in [6.45, 7) is 1.71. The van der Waals surface area contributed by atoms with Gasteiger partial charge in [0.2, 0.25) is 0 Å². The minimum absolute atomic E-state index is 0.0518. The zero-order chi connectivity index (χ0) is 21.9. The molecule has 0 aliphatic carbocycles. The van der Waals surface area contributed by atoms with Crippen molar-refractivity contribution in [1.82, 2.24) is 0 Å². The topological polar surface area (TPSA) is 84.5 Å². The number of hydrogen-bond acceptors (Lipinski definition) is 4. The monoisotopic (exact) mass is 464 g/mol. The van der Waals surface area contributed by atoms with Crippen LogP contribution in [-0.4, -0.2) is 21.4 Å². The number of sulfonamides is 1. The van der Waals surface area contributed by atoms with Crippen LogP contribution >= 0.6 is 23.2 Å². The number of ether oxygens (including phenoxy) is 1. The maximum absolute atomic E-state index is 12.9. The number of rotatable bonds is 6. The first-order valence-electron chi connectivity index (χ1n) is 8.74. The molecule has 6 nitrogen and oxygen atoms in total. The smallest absolute Gasteiger partial charge is 0.261 e. The van der Waals surface area contributed by atoms with Gasteiger partial charge in [0.1, 0.15) is 5.75 Å². The molecule has 2 N–H and O–H groups in total. The molecule has 30 heavy (non-hydrogen) atoms. The van der Waals surface area contributed by atoms with Crippen molar-refractivity contribution in [3.63, 3.8) is 0 Å². The van der Waals surface area contributed by atoms with Crippen LogP contribution in [-0.2, 0) is 10.0 Å². The van der Waals surface area contributed by atoms with E-state index in [9.17, 15) is 13.2 Å². The maximum atomic E-state index is 12.9. The Hall–Kier alpha value is -2.74. The van der Waals surface area contributed by atoms with Crippen LogP contribution in [0.1, 0.15) is 15.9 Å². The molecule has 0 fully saturated rings. The van der Waals surface area contributed by atoms with Gasteiger partial charge in [-0.25, -0.2) is 8.42 Å². The van der Waals surface area contributed by atoms with Gasteiger partial charge >= 0.3 is 0 Å². The lowest BCUT2D eigenvalue weighted by Gasteiger charge is -2.15. The molecular formula is C21H18Cl2N2O4S. The van der Waals surface area contributed by atoms with E-state index in [1.165, 1.54) is 31.4 Å². The Morgan fingerprint density at radius 2 is 1.70 bits per heavy atom. The van der Waals surface area contributed by atoms with Crippen LogP contribution in [0.25, 0.3) is 0 Å². The van der Waals surface area contributed by atoms with Gasteiger partial charge < -0.3 is 10.1 Å². The van der Waals surface area contributed by atoms with Gasteiger partial charge in [-0.1, -0.05) is 35.3 Å². The summed E-state index contributed by atoms with van der Waals surface area (Å²) in [5.41, 5.74) is 1.49. The molecule has 3 aromatic rings. The predicted molar refractivity (Wildman–Crippen MR) is 119 cm³/mol. The van der Waals surface area contributed by atoms with Crippen molar-refractivity contribution in [2.45, 2.75) is 11.8 Å². The Kier molecular flexibility index (Phi) is 6.55. The molecule has 0 saturated carbocycles. The highest BCUT2D eigenvalue weighted by Gasteiger charge is 2.19. The minimum Gasteiger partial charge on any atom is -0.495 e. The Morgan fingerprint density at radius 3 is 2.40 bits per heavy atom. The summed E-state index contributed by atoms with van der Waals surface area (Å²) in [7, 11) is -2.52. The fourth-order valence-corrected chi connectivity index (χ4v) is 4.21. The molecule has 3 aromatic carbocycles. The van der Waals surface area contributed by atoms with Crippen molar-refractivity contribution in [1.29, 1.82) is 0 Å². The van der Waals surface area contributed by atoms with E-state index < -0.39 is 15.9 Å². The quantitative estimate of drug-likeness (QED) is 0.513. The van der Waals surface area contributed by atoms with Gasteiger partial charge in [-0.05, 0) is 61.0 Å². The summed E-state index contributed by atoms with van der Waals surface area (Å²) in [6, 6.07) is 15.5. The molecule has 0 saturated heterocycles. The second-order valence-corrected chi connectivity index (χ2v) is 8.87. The van der Waals surface area contributed by atoms with Crippen LogP contribution in [0, 0.1) is 6.92 Å². The first-order chi connectivity index (χ1) is 14.2. The largest absolute Gasteiger partial charge is 0.495 e. The summed E-state index contributed by atoms with van der Waals surface area (Å²) < 4.78 is 33.6. The summed E-state index contributed by atoms with van der Waals surface area (Å²) in [5, 5.41) is 3.52. The van der Waals surface area contributed by atoms with E-state index in [1.54, 1.807) is 43.3 Å².